The summed E-state index contributed by atoms with van der Waals surface area (Å²) in [6.45, 7) is -0.291. The highest BCUT2D eigenvalue weighted by Gasteiger charge is 1.98. The largest absolute Gasteiger partial charge is 0.349 e. The van der Waals surface area contributed by atoms with E-state index in [1.165, 1.54) is 0 Å². The van der Waals surface area contributed by atoms with Gasteiger partial charge >= 0.3 is 12.0 Å². The smallest absolute Gasteiger partial charge is 0.345 e. The average Bonchev–Trinajstić information content (AvgIpc) is 1.83. The van der Waals surface area contributed by atoms with Gasteiger partial charge in [0.05, 0.1) is 6.54 Å². The fraction of sp³-hybridized carbons (Fsp3) is 0.333. The van der Waals surface area contributed by atoms with Gasteiger partial charge in [0.1, 0.15) is 0 Å². The first-order valence-corrected chi connectivity index (χ1v) is 2.12. The third kappa shape index (κ3) is 4.56. The zero-order valence-electron chi connectivity index (χ0n) is 4.59. The molecule has 9 heavy (non-hydrogen) atoms. The molecule has 0 saturated carbocycles. The second-order valence-electron chi connectivity index (χ2n) is 1.14. The SMILES string of the molecule is NCC(=O)ONC(N)=O. The minimum atomic E-state index is -0.934. The van der Waals surface area contributed by atoms with E-state index < -0.39 is 12.0 Å². The van der Waals surface area contributed by atoms with Crippen molar-refractivity contribution < 1.29 is 14.4 Å². The summed E-state index contributed by atoms with van der Waals surface area (Å²) in [6, 6.07) is -0.934. The van der Waals surface area contributed by atoms with Crippen molar-refractivity contribution in [2.45, 2.75) is 0 Å². The van der Waals surface area contributed by atoms with Crippen LogP contribution in [0.15, 0.2) is 0 Å². The number of hydroxylamine groups is 1. The first kappa shape index (κ1) is 7.70. The molecule has 0 heterocycles. The van der Waals surface area contributed by atoms with Crippen LogP contribution in [0, 0.1) is 0 Å². The monoisotopic (exact) mass is 133 g/mol. The molecule has 52 valence electrons. The van der Waals surface area contributed by atoms with Crippen LogP contribution in [-0.2, 0) is 9.63 Å². The number of primary amides is 1. The Bertz CT molecular complexity index is 123. The molecule has 0 bridgehead atoms. The molecule has 0 aliphatic heterocycles. The van der Waals surface area contributed by atoms with Crippen molar-refractivity contribution in [1.29, 1.82) is 0 Å². The lowest BCUT2D eigenvalue weighted by Gasteiger charge is -1.98. The van der Waals surface area contributed by atoms with Crippen LogP contribution in [0.1, 0.15) is 0 Å². The van der Waals surface area contributed by atoms with Crippen LogP contribution in [0.2, 0.25) is 0 Å². The number of nitrogens with one attached hydrogen (secondary N) is 1. The Kier molecular flexibility index (Phi) is 3.14. The van der Waals surface area contributed by atoms with Crippen molar-refractivity contribution in [3.8, 4) is 0 Å². The van der Waals surface area contributed by atoms with Crippen molar-refractivity contribution in [2.24, 2.45) is 11.5 Å². The van der Waals surface area contributed by atoms with Gasteiger partial charge in [0.25, 0.3) is 0 Å². The van der Waals surface area contributed by atoms with Crippen molar-refractivity contribution in [2.75, 3.05) is 6.54 Å². The number of urea groups is 1. The highest BCUT2D eigenvalue weighted by atomic mass is 16.7. The van der Waals surface area contributed by atoms with E-state index in [-0.39, 0.29) is 6.54 Å². The molecule has 0 saturated heterocycles. The van der Waals surface area contributed by atoms with Crippen molar-refractivity contribution in [3.63, 3.8) is 0 Å². The standard InChI is InChI=1S/C3H7N3O3/c4-1-2(7)9-6-3(5)8/h1,4H2,(H3,5,6,8). The molecule has 2 amide bonds. The summed E-state index contributed by atoms with van der Waals surface area (Å²) in [5, 5.41) is 0. The van der Waals surface area contributed by atoms with Crippen molar-refractivity contribution in [3.05, 3.63) is 0 Å². The highest BCUT2D eigenvalue weighted by molar-refractivity contribution is 5.75. The van der Waals surface area contributed by atoms with E-state index in [0.717, 1.165) is 0 Å². The fourth-order valence-electron chi connectivity index (χ4n) is 0.149. The van der Waals surface area contributed by atoms with Crippen LogP contribution in [0.25, 0.3) is 0 Å². The molecule has 0 fully saturated rings. The Morgan fingerprint density at radius 3 is 2.44 bits per heavy atom. The number of carbonyl (C=O) groups excluding carboxylic acids is 2. The van der Waals surface area contributed by atoms with E-state index in [1.54, 1.807) is 5.48 Å². The summed E-state index contributed by atoms with van der Waals surface area (Å²) in [5.74, 6) is -0.742. The van der Waals surface area contributed by atoms with E-state index in [4.69, 9.17) is 5.73 Å². The minimum absolute atomic E-state index is 0.291. The lowest BCUT2D eigenvalue weighted by Crippen LogP contribution is -2.34. The fourth-order valence-corrected chi connectivity index (χ4v) is 0.149. The van der Waals surface area contributed by atoms with E-state index >= 15 is 0 Å². The summed E-state index contributed by atoms with van der Waals surface area (Å²) in [7, 11) is 0. The number of rotatable bonds is 1. The van der Waals surface area contributed by atoms with Crippen LogP contribution >= 0.6 is 0 Å². The first-order chi connectivity index (χ1) is 4.16. The molecule has 6 heteroatoms. The molecule has 0 aromatic carbocycles. The molecule has 0 aromatic rings. The summed E-state index contributed by atoms with van der Waals surface area (Å²) in [4.78, 5) is 23.9. The summed E-state index contributed by atoms with van der Waals surface area (Å²) in [6.07, 6.45) is 0. The van der Waals surface area contributed by atoms with E-state index in [9.17, 15) is 9.59 Å². The molecular formula is C3H7N3O3. The van der Waals surface area contributed by atoms with Gasteiger partial charge in [0.2, 0.25) is 0 Å². The van der Waals surface area contributed by atoms with Gasteiger partial charge in [0, 0.05) is 0 Å². The molecular weight excluding hydrogens is 126 g/mol. The Balaban J connectivity index is 3.28. The van der Waals surface area contributed by atoms with Crippen LogP contribution in [-0.4, -0.2) is 18.5 Å². The molecule has 0 spiro atoms. The van der Waals surface area contributed by atoms with Crippen molar-refractivity contribution in [1.82, 2.24) is 5.48 Å². The maximum Gasteiger partial charge on any atom is 0.345 e. The Labute approximate surface area is 51.1 Å². The predicted molar refractivity (Wildman–Crippen MR) is 27.9 cm³/mol. The first-order valence-electron chi connectivity index (χ1n) is 2.12. The topological polar surface area (TPSA) is 107 Å². The van der Waals surface area contributed by atoms with Gasteiger partial charge < -0.3 is 16.3 Å². The lowest BCUT2D eigenvalue weighted by atomic mass is 10.7. The number of nitrogens with two attached hydrogens (primary N) is 2. The third-order valence-corrected chi connectivity index (χ3v) is 0.432. The molecule has 0 radical (unpaired) electrons. The van der Waals surface area contributed by atoms with Crippen LogP contribution in [0.5, 0.6) is 0 Å². The van der Waals surface area contributed by atoms with Crippen LogP contribution < -0.4 is 16.9 Å². The average molecular weight is 133 g/mol. The molecule has 0 aliphatic carbocycles. The maximum atomic E-state index is 10.1. The normalized spacial score (nSPS) is 8.11. The zero-order valence-corrected chi connectivity index (χ0v) is 4.59. The van der Waals surface area contributed by atoms with E-state index in [1.807, 2.05) is 0 Å². The van der Waals surface area contributed by atoms with Crippen molar-refractivity contribution >= 4 is 12.0 Å². The van der Waals surface area contributed by atoms with Crippen LogP contribution in [0.3, 0.4) is 0 Å². The van der Waals surface area contributed by atoms with Gasteiger partial charge in [-0.15, -0.1) is 0 Å². The molecule has 0 atom stereocenters. The summed E-state index contributed by atoms with van der Waals surface area (Å²) in [5.41, 5.74) is 10.9. The zero-order chi connectivity index (χ0) is 7.28. The summed E-state index contributed by atoms with van der Waals surface area (Å²) < 4.78 is 0. The van der Waals surface area contributed by atoms with Gasteiger partial charge in [-0.25, -0.2) is 9.59 Å². The Morgan fingerprint density at radius 2 is 2.11 bits per heavy atom. The number of carbonyl (C=O) groups is 2. The van der Waals surface area contributed by atoms with E-state index in [0.29, 0.717) is 0 Å². The second-order valence-corrected chi connectivity index (χ2v) is 1.14. The predicted octanol–water partition coefficient (Wildman–Crippen LogP) is -1.93. The lowest BCUT2D eigenvalue weighted by molar-refractivity contribution is -0.146. The van der Waals surface area contributed by atoms with Crippen LogP contribution in [0.4, 0.5) is 4.79 Å². The Hall–Kier alpha value is -1.30. The number of hydrogen-bond acceptors (Lipinski definition) is 4. The van der Waals surface area contributed by atoms with Gasteiger partial charge in [-0.2, -0.15) is 5.48 Å². The molecule has 0 aromatic heterocycles. The van der Waals surface area contributed by atoms with E-state index in [2.05, 4.69) is 10.6 Å². The van der Waals surface area contributed by atoms with Gasteiger partial charge in [0.15, 0.2) is 0 Å². The van der Waals surface area contributed by atoms with Gasteiger partial charge in [-0.1, -0.05) is 0 Å². The number of hydrogen-bond donors (Lipinski definition) is 3. The molecule has 0 rings (SSSR count). The highest BCUT2D eigenvalue weighted by Crippen LogP contribution is 1.65. The molecule has 0 aliphatic rings. The Morgan fingerprint density at radius 1 is 1.56 bits per heavy atom. The summed E-state index contributed by atoms with van der Waals surface area (Å²) >= 11 is 0. The molecule has 0 unspecified atom stereocenters. The minimum Gasteiger partial charge on any atom is -0.349 e. The number of amides is 2. The molecule has 5 N–H and O–H groups in total. The quantitative estimate of drug-likeness (QED) is 0.362. The maximum absolute atomic E-state index is 10.1. The van der Waals surface area contributed by atoms with Gasteiger partial charge in [-0.05, 0) is 0 Å². The second kappa shape index (κ2) is 3.67. The third-order valence-electron chi connectivity index (χ3n) is 0.432. The van der Waals surface area contributed by atoms with Gasteiger partial charge in [-0.3, -0.25) is 0 Å². The molecule has 6 nitrogen and oxygen atoms in total.